The number of ether oxygens (including phenoxy) is 2. The molecule has 0 atom stereocenters. The number of nitrogens with one attached hydrogen (secondary N) is 2. The van der Waals surface area contributed by atoms with Crippen LogP contribution >= 0.6 is 0 Å². The van der Waals surface area contributed by atoms with Gasteiger partial charge >= 0.3 is 0 Å². The van der Waals surface area contributed by atoms with E-state index in [0.717, 1.165) is 5.56 Å². The number of hydrogen-bond donors (Lipinski definition) is 2. The van der Waals surface area contributed by atoms with E-state index in [-0.39, 0.29) is 18.4 Å². The molecule has 1 aliphatic heterocycles. The molecule has 0 fully saturated rings. The minimum Gasteiger partial charge on any atom is -0.495 e. The van der Waals surface area contributed by atoms with E-state index in [1.165, 1.54) is 0 Å². The van der Waals surface area contributed by atoms with Crippen LogP contribution in [0.4, 0.5) is 11.4 Å². The average molecular weight is 312 g/mol. The second kappa shape index (κ2) is 6.00. The number of carbonyl (C=O) groups excluding carboxylic acids is 2. The number of aryl methyl sites for hydroxylation is 1. The lowest BCUT2D eigenvalue weighted by molar-refractivity contribution is -0.118. The van der Waals surface area contributed by atoms with Crippen LogP contribution in [0.5, 0.6) is 11.5 Å². The predicted octanol–water partition coefficient (Wildman–Crippen LogP) is 2.59. The SMILES string of the molecule is COc1ccc(C)cc1NC(=O)c1ccc2c(c1)NC(=O)CO2. The number of fused-ring (bicyclic) bond motifs is 1. The molecule has 0 aromatic heterocycles. The Bertz CT molecular complexity index is 786. The van der Waals surface area contributed by atoms with Gasteiger partial charge in [0.25, 0.3) is 11.8 Å². The third-order valence-corrected chi connectivity index (χ3v) is 3.48. The molecular weight excluding hydrogens is 296 g/mol. The van der Waals surface area contributed by atoms with E-state index in [0.29, 0.717) is 28.4 Å². The summed E-state index contributed by atoms with van der Waals surface area (Å²) in [6, 6.07) is 10.4. The number of anilines is 2. The molecule has 1 heterocycles. The Morgan fingerprint density at radius 3 is 2.87 bits per heavy atom. The molecule has 3 rings (SSSR count). The summed E-state index contributed by atoms with van der Waals surface area (Å²) in [5, 5.41) is 5.50. The Morgan fingerprint density at radius 1 is 1.26 bits per heavy atom. The van der Waals surface area contributed by atoms with E-state index < -0.39 is 0 Å². The van der Waals surface area contributed by atoms with Gasteiger partial charge in [-0.05, 0) is 42.8 Å². The van der Waals surface area contributed by atoms with Gasteiger partial charge in [-0.1, -0.05) is 6.07 Å². The maximum Gasteiger partial charge on any atom is 0.262 e. The normalized spacial score (nSPS) is 12.7. The summed E-state index contributed by atoms with van der Waals surface area (Å²) in [7, 11) is 1.55. The Balaban J connectivity index is 1.85. The lowest BCUT2D eigenvalue weighted by Crippen LogP contribution is -2.25. The highest BCUT2D eigenvalue weighted by Crippen LogP contribution is 2.30. The van der Waals surface area contributed by atoms with Gasteiger partial charge in [0.05, 0.1) is 18.5 Å². The summed E-state index contributed by atoms with van der Waals surface area (Å²) in [4.78, 5) is 23.8. The molecule has 0 spiro atoms. The molecule has 23 heavy (non-hydrogen) atoms. The molecule has 1 aliphatic rings. The van der Waals surface area contributed by atoms with Gasteiger partial charge in [-0.25, -0.2) is 0 Å². The van der Waals surface area contributed by atoms with Gasteiger partial charge in [0.1, 0.15) is 11.5 Å². The first-order chi connectivity index (χ1) is 11.1. The van der Waals surface area contributed by atoms with Gasteiger partial charge in [-0.15, -0.1) is 0 Å². The summed E-state index contributed by atoms with van der Waals surface area (Å²) in [5.41, 5.74) is 2.51. The van der Waals surface area contributed by atoms with E-state index in [2.05, 4.69) is 10.6 Å². The van der Waals surface area contributed by atoms with Crippen molar-refractivity contribution in [3.05, 3.63) is 47.5 Å². The third-order valence-electron chi connectivity index (χ3n) is 3.48. The van der Waals surface area contributed by atoms with Crippen LogP contribution in [0.25, 0.3) is 0 Å². The number of amides is 2. The average Bonchev–Trinajstić information content (AvgIpc) is 2.54. The first-order valence-corrected chi connectivity index (χ1v) is 7.09. The largest absolute Gasteiger partial charge is 0.495 e. The smallest absolute Gasteiger partial charge is 0.262 e. The Kier molecular flexibility index (Phi) is 3.89. The number of rotatable bonds is 3. The van der Waals surface area contributed by atoms with Gasteiger partial charge in [0, 0.05) is 5.56 Å². The van der Waals surface area contributed by atoms with Crippen molar-refractivity contribution in [1.82, 2.24) is 0 Å². The fourth-order valence-electron chi connectivity index (χ4n) is 2.34. The van der Waals surface area contributed by atoms with Crippen molar-refractivity contribution in [2.24, 2.45) is 0 Å². The standard InChI is InChI=1S/C17H16N2O4/c1-10-3-5-14(22-2)12(7-10)19-17(21)11-4-6-15-13(8-11)18-16(20)9-23-15/h3-8H,9H2,1-2H3,(H,18,20)(H,19,21). The molecule has 0 saturated heterocycles. The monoisotopic (exact) mass is 312 g/mol. The van der Waals surface area contributed by atoms with Crippen molar-refractivity contribution in [3.8, 4) is 11.5 Å². The first-order valence-electron chi connectivity index (χ1n) is 7.09. The molecule has 0 aliphatic carbocycles. The van der Waals surface area contributed by atoms with Gasteiger partial charge in [0.2, 0.25) is 0 Å². The maximum absolute atomic E-state index is 12.4. The lowest BCUT2D eigenvalue weighted by Gasteiger charge is -2.18. The van der Waals surface area contributed by atoms with Crippen LogP contribution < -0.4 is 20.1 Å². The number of hydrogen-bond acceptors (Lipinski definition) is 4. The zero-order valence-electron chi connectivity index (χ0n) is 12.8. The fourth-order valence-corrected chi connectivity index (χ4v) is 2.34. The fraction of sp³-hybridized carbons (Fsp3) is 0.176. The maximum atomic E-state index is 12.4. The highest BCUT2D eigenvalue weighted by Gasteiger charge is 2.18. The molecule has 6 nitrogen and oxygen atoms in total. The topological polar surface area (TPSA) is 76.7 Å². The molecule has 0 bridgehead atoms. The van der Waals surface area contributed by atoms with E-state index in [1.807, 2.05) is 19.1 Å². The van der Waals surface area contributed by atoms with Gasteiger partial charge in [-0.2, -0.15) is 0 Å². The molecule has 6 heteroatoms. The van der Waals surface area contributed by atoms with E-state index in [9.17, 15) is 9.59 Å². The Labute approximate surface area is 133 Å². The van der Waals surface area contributed by atoms with Gasteiger partial charge in [0.15, 0.2) is 6.61 Å². The molecule has 2 N–H and O–H groups in total. The quantitative estimate of drug-likeness (QED) is 0.913. The second-order valence-corrected chi connectivity index (χ2v) is 5.21. The van der Waals surface area contributed by atoms with E-state index in [1.54, 1.807) is 31.4 Å². The summed E-state index contributed by atoms with van der Waals surface area (Å²) < 4.78 is 10.5. The minimum absolute atomic E-state index is 0.0148. The number of benzene rings is 2. The molecular formula is C17H16N2O4. The van der Waals surface area contributed by atoms with Crippen LogP contribution in [-0.4, -0.2) is 25.5 Å². The summed E-state index contributed by atoms with van der Waals surface area (Å²) >= 11 is 0. The van der Waals surface area contributed by atoms with Crippen LogP contribution in [0.2, 0.25) is 0 Å². The number of carbonyl (C=O) groups is 2. The lowest BCUT2D eigenvalue weighted by atomic mass is 10.1. The molecule has 118 valence electrons. The van der Waals surface area contributed by atoms with Crippen molar-refractivity contribution in [3.63, 3.8) is 0 Å². The Morgan fingerprint density at radius 2 is 2.09 bits per heavy atom. The highest BCUT2D eigenvalue weighted by atomic mass is 16.5. The molecule has 2 aromatic carbocycles. The zero-order valence-corrected chi connectivity index (χ0v) is 12.8. The second-order valence-electron chi connectivity index (χ2n) is 5.21. The van der Waals surface area contributed by atoms with Crippen molar-refractivity contribution < 1.29 is 19.1 Å². The highest BCUT2D eigenvalue weighted by molar-refractivity contribution is 6.06. The van der Waals surface area contributed by atoms with Crippen LogP contribution in [-0.2, 0) is 4.79 Å². The Hall–Kier alpha value is -3.02. The van der Waals surface area contributed by atoms with E-state index >= 15 is 0 Å². The predicted molar refractivity (Wildman–Crippen MR) is 86.3 cm³/mol. The third kappa shape index (κ3) is 3.11. The molecule has 0 radical (unpaired) electrons. The van der Waals surface area contributed by atoms with Crippen molar-refractivity contribution in [1.29, 1.82) is 0 Å². The molecule has 2 amide bonds. The molecule has 2 aromatic rings. The van der Waals surface area contributed by atoms with Crippen LogP contribution in [0.1, 0.15) is 15.9 Å². The first kappa shape index (κ1) is 14.9. The van der Waals surface area contributed by atoms with Gasteiger partial charge in [-0.3, -0.25) is 9.59 Å². The van der Waals surface area contributed by atoms with Crippen molar-refractivity contribution in [2.45, 2.75) is 6.92 Å². The molecule has 0 unspecified atom stereocenters. The summed E-state index contributed by atoms with van der Waals surface area (Å²) in [6.07, 6.45) is 0. The van der Waals surface area contributed by atoms with Crippen LogP contribution in [0.3, 0.4) is 0 Å². The summed E-state index contributed by atoms with van der Waals surface area (Å²) in [5.74, 6) is 0.597. The van der Waals surface area contributed by atoms with Crippen LogP contribution in [0.15, 0.2) is 36.4 Å². The van der Waals surface area contributed by atoms with E-state index in [4.69, 9.17) is 9.47 Å². The molecule has 0 saturated carbocycles. The zero-order chi connectivity index (χ0) is 16.4. The van der Waals surface area contributed by atoms with Crippen molar-refractivity contribution >= 4 is 23.2 Å². The van der Waals surface area contributed by atoms with Crippen LogP contribution in [0, 0.1) is 6.92 Å². The number of methoxy groups -OCH3 is 1. The van der Waals surface area contributed by atoms with Crippen molar-refractivity contribution in [2.75, 3.05) is 24.4 Å². The minimum atomic E-state index is -0.295. The van der Waals surface area contributed by atoms with Gasteiger partial charge < -0.3 is 20.1 Å². The summed E-state index contributed by atoms with van der Waals surface area (Å²) in [6.45, 7) is 1.92.